The molecule has 4 rings (SSSR count). The molecule has 1 aliphatic heterocycles. The minimum atomic E-state index is 0.0267. The predicted molar refractivity (Wildman–Crippen MR) is 107 cm³/mol. The number of aromatic nitrogens is 2. The van der Waals surface area contributed by atoms with Gasteiger partial charge in [-0.15, -0.1) is 0 Å². The van der Waals surface area contributed by atoms with E-state index in [0.29, 0.717) is 6.42 Å². The molecule has 140 valence electrons. The third-order valence-electron chi connectivity index (χ3n) is 4.82. The molecule has 1 aromatic heterocycles. The first-order valence-electron chi connectivity index (χ1n) is 9.34. The molecule has 2 N–H and O–H groups in total. The molecule has 0 saturated carbocycles. The van der Waals surface area contributed by atoms with Gasteiger partial charge in [0.2, 0.25) is 5.91 Å². The van der Waals surface area contributed by atoms with Gasteiger partial charge in [-0.2, -0.15) is 0 Å². The van der Waals surface area contributed by atoms with Crippen LogP contribution in [-0.4, -0.2) is 53.6 Å². The normalized spacial score (nSPS) is 15.1. The van der Waals surface area contributed by atoms with E-state index < -0.39 is 0 Å². The highest BCUT2D eigenvalue weighted by molar-refractivity contribution is 5.91. The van der Waals surface area contributed by atoms with E-state index in [9.17, 15) is 4.79 Å². The van der Waals surface area contributed by atoms with Crippen molar-refractivity contribution in [2.75, 3.05) is 38.2 Å². The standard InChI is InChI=1S/C21H24N4O2/c1-15-5-6-18-19(13-15)24-21(23-18)16-3-2-4-17(14-16)22-20(26)7-8-25-9-11-27-12-10-25/h2-6,13-14H,7-12H2,1H3,(H,22,26)(H,23,24). The number of ether oxygens (including phenoxy) is 1. The van der Waals surface area contributed by atoms with Crippen LogP contribution in [0.2, 0.25) is 0 Å². The Morgan fingerprint density at radius 1 is 1.22 bits per heavy atom. The molecule has 1 aliphatic rings. The van der Waals surface area contributed by atoms with Crippen molar-refractivity contribution in [3.8, 4) is 11.4 Å². The van der Waals surface area contributed by atoms with Gasteiger partial charge in [0.05, 0.1) is 24.2 Å². The summed E-state index contributed by atoms with van der Waals surface area (Å²) in [6, 6.07) is 13.9. The number of fused-ring (bicyclic) bond motifs is 1. The van der Waals surface area contributed by atoms with Crippen LogP contribution >= 0.6 is 0 Å². The van der Waals surface area contributed by atoms with E-state index in [1.165, 1.54) is 5.56 Å². The summed E-state index contributed by atoms with van der Waals surface area (Å²) in [5.41, 5.74) is 4.89. The number of carbonyl (C=O) groups excluding carboxylic acids is 1. The number of hydrogen-bond donors (Lipinski definition) is 2. The maximum atomic E-state index is 12.3. The van der Waals surface area contributed by atoms with E-state index in [1.807, 2.05) is 30.3 Å². The van der Waals surface area contributed by atoms with Gasteiger partial charge in [-0.25, -0.2) is 4.98 Å². The first kappa shape index (κ1) is 17.7. The predicted octanol–water partition coefficient (Wildman–Crippen LogP) is 3.20. The molecule has 0 aliphatic carbocycles. The molecule has 0 atom stereocenters. The van der Waals surface area contributed by atoms with Crippen LogP contribution in [0.25, 0.3) is 22.4 Å². The minimum absolute atomic E-state index is 0.0267. The zero-order chi connectivity index (χ0) is 18.6. The lowest BCUT2D eigenvalue weighted by Crippen LogP contribution is -2.38. The number of aromatic amines is 1. The van der Waals surface area contributed by atoms with Crippen molar-refractivity contribution in [1.29, 1.82) is 0 Å². The number of benzene rings is 2. The van der Waals surface area contributed by atoms with Crippen molar-refractivity contribution in [2.45, 2.75) is 13.3 Å². The molecule has 0 spiro atoms. The number of H-pyrrole nitrogens is 1. The van der Waals surface area contributed by atoms with Gasteiger partial charge >= 0.3 is 0 Å². The number of amides is 1. The van der Waals surface area contributed by atoms with E-state index >= 15 is 0 Å². The molecule has 1 saturated heterocycles. The van der Waals surface area contributed by atoms with Crippen LogP contribution < -0.4 is 5.32 Å². The summed E-state index contributed by atoms with van der Waals surface area (Å²) >= 11 is 0. The Morgan fingerprint density at radius 3 is 2.93 bits per heavy atom. The molecule has 2 heterocycles. The van der Waals surface area contributed by atoms with Crippen LogP contribution in [0, 0.1) is 6.92 Å². The molecule has 6 heteroatoms. The summed E-state index contributed by atoms with van der Waals surface area (Å²) in [6.07, 6.45) is 0.480. The van der Waals surface area contributed by atoms with E-state index in [1.54, 1.807) is 0 Å². The van der Waals surface area contributed by atoms with Gasteiger partial charge in [-0.1, -0.05) is 18.2 Å². The zero-order valence-electron chi connectivity index (χ0n) is 15.5. The average Bonchev–Trinajstić information content (AvgIpc) is 3.11. The van der Waals surface area contributed by atoms with E-state index in [0.717, 1.165) is 61.0 Å². The zero-order valence-corrected chi connectivity index (χ0v) is 15.5. The van der Waals surface area contributed by atoms with Crippen molar-refractivity contribution in [3.05, 3.63) is 48.0 Å². The second kappa shape index (κ2) is 7.90. The third kappa shape index (κ3) is 4.35. The number of nitrogens with one attached hydrogen (secondary N) is 2. The van der Waals surface area contributed by atoms with Crippen LogP contribution in [0.4, 0.5) is 5.69 Å². The monoisotopic (exact) mass is 364 g/mol. The fourth-order valence-electron chi connectivity index (χ4n) is 3.31. The van der Waals surface area contributed by atoms with Crippen LogP contribution in [0.1, 0.15) is 12.0 Å². The Hall–Kier alpha value is -2.70. The molecular formula is C21H24N4O2. The number of carbonyl (C=O) groups is 1. The highest BCUT2D eigenvalue weighted by Gasteiger charge is 2.12. The third-order valence-corrected chi connectivity index (χ3v) is 4.82. The van der Waals surface area contributed by atoms with Crippen LogP contribution in [0.5, 0.6) is 0 Å². The Balaban J connectivity index is 1.42. The van der Waals surface area contributed by atoms with E-state index in [-0.39, 0.29) is 5.91 Å². The largest absolute Gasteiger partial charge is 0.379 e. The molecule has 3 aromatic rings. The number of aryl methyl sites for hydroxylation is 1. The Labute approximate surface area is 158 Å². The van der Waals surface area contributed by atoms with Crippen LogP contribution in [-0.2, 0) is 9.53 Å². The van der Waals surface area contributed by atoms with Crippen molar-refractivity contribution in [1.82, 2.24) is 14.9 Å². The quantitative estimate of drug-likeness (QED) is 0.729. The number of morpholine rings is 1. The summed E-state index contributed by atoms with van der Waals surface area (Å²) in [7, 11) is 0. The minimum Gasteiger partial charge on any atom is -0.379 e. The second-order valence-corrected chi connectivity index (χ2v) is 6.94. The molecular weight excluding hydrogens is 340 g/mol. The molecule has 0 bridgehead atoms. The number of nitrogens with zero attached hydrogens (tertiary/aromatic N) is 2. The Bertz CT molecular complexity index is 944. The Morgan fingerprint density at radius 2 is 2.07 bits per heavy atom. The van der Waals surface area contributed by atoms with Gasteiger partial charge in [0.25, 0.3) is 0 Å². The molecule has 1 fully saturated rings. The molecule has 27 heavy (non-hydrogen) atoms. The molecule has 0 unspecified atom stereocenters. The molecule has 2 aromatic carbocycles. The topological polar surface area (TPSA) is 70.2 Å². The maximum Gasteiger partial charge on any atom is 0.225 e. The SMILES string of the molecule is Cc1ccc2nc(-c3cccc(NC(=O)CCN4CCOCC4)c3)[nH]c2c1. The van der Waals surface area contributed by atoms with Gasteiger partial charge in [-0.05, 0) is 36.8 Å². The maximum absolute atomic E-state index is 12.3. The highest BCUT2D eigenvalue weighted by atomic mass is 16.5. The summed E-state index contributed by atoms with van der Waals surface area (Å²) in [4.78, 5) is 22.6. The summed E-state index contributed by atoms with van der Waals surface area (Å²) in [5, 5.41) is 3.00. The average molecular weight is 364 g/mol. The molecule has 1 amide bonds. The van der Waals surface area contributed by atoms with Gasteiger partial charge in [0, 0.05) is 37.3 Å². The first-order valence-corrected chi connectivity index (χ1v) is 9.34. The Kier molecular flexibility index (Phi) is 5.18. The number of rotatable bonds is 5. The van der Waals surface area contributed by atoms with Gasteiger partial charge < -0.3 is 15.0 Å². The van der Waals surface area contributed by atoms with E-state index in [2.05, 4.69) is 39.2 Å². The van der Waals surface area contributed by atoms with Gasteiger partial charge in [0.1, 0.15) is 5.82 Å². The van der Waals surface area contributed by atoms with Crippen LogP contribution in [0.3, 0.4) is 0 Å². The fourth-order valence-corrected chi connectivity index (χ4v) is 3.31. The van der Waals surface area contributed by atoms with Crippen molar-refractivity contribution in [2.24, 2.45) is 0 Å². The fraction of sp³-hybridized carbons (Fsp3) is 0.333. The highest BCUT2D eigenvalue weighted by Crippen LogP contribution is 2.23. The summed E-state index contributed by atoms with van der Waals surface area (Å²) in [5.74, 6) is 0.832. The molecule has 0 radical (unpaired) electrons. The second-order valence-electron chi connectivity index (χ2n) is 6.94. The van der Waals surface area contributed by atoms with Crippen molar-refractivity contribution >= 4 is 22.6 Å². The number of imidazole rings is 1. The number of hydrogen-bond acceptors (Lipinski definition) is 4. The lowest BCUT2D eigenvalue weighted by atomic mass is 10.2. The van der Waals surface area contributed by atoms with Gasteiger partial charge in [0.15, 0.2) is 0 Å². The lowest BCUT2D eigenvalue weighted by Gasteiger charge is -2.26. The van der Waals surface area contributed by atoms with Gasteiger partial charge in [-0.3, -0.25) is 9.69 Å². The van der Waals surface area contributed by atoms with Crippen LogP contribution in [0.15, 0.2) is 42.5 Å². The summed E-state index contributed by atoms with van der Waals surface area (Å²) < 4.78 is 5.33. The lowest BCUT2D eigenvalue weighted by molar-refractivity contribution is -0.116. The van der Waals surface area contributed by atoms with E-state index in [4.69, 9.17) is 4.74 Å². The smallest absolute Gasteiger partial charge is 0.225 e. The molecule has 6 nitrogen and oxygen atoms in total. The first-order chi connectivity index (χ1) is 13.2. The van der Waals surface area contributed by atoms with Crippen molar-refractivity contribution in [3.63, 3.8) is 0 Å². The summed E-state index contributed by atoms with van der Waals surface area (Å²) in [6.45, 7) is 6.12. The number of anilines is 1. The van der Waals surface area contributed by atoms with Crippen molar-refractivity contribution < 1.29 is 9.53 Å².